The second-order valence-corrected chi connectivity index (χ2v) is 33.9. The number of hydrogen-bond acceptors (Lipinski definition) is 15. The van der Waals surface area contributed by atoms with Crippen LogP contribution in [-0.2, 0) is 47.9 Å². The molecule has 3 unspecified atom stereocenters. The Hall–Kier alpha value is -5.86. The fourth-order valence-corrected chi connectivity index (χ4v) is 16.3. The lowest BCUT2D eigenvalue weighted by atomic mass is 9.44. The summed E-state index contributed by atoms with van der Waals surface area (Å²) in [6.07, 6.45) is 10.8. The van der Waals surface area contributed by atoms with Crippen LogP contribution in [0.1, 0.15) is 201 Å². The summed E-state index contributed by atoms with van der Waals surface area (Å²) in [7, 11) is 9.78. The van der Waals surface area contributed by atoms with Crippen molar-refractivity contribution < 1.29 is 63.0 Å². The topological polar surface area (TPSA) is 302 Å². The number of aliphatic hydroxyl groups excluding tert-OH is 1. The summed E-state index contributed by atoms with van der Waals surface area (Å²) >= 11 is 1.44. The molecule has 26 heteroatoms. The van der Waals surface area contributed by atoms with Gasteiger partial charge in [-0.25, -0.2) is 4.79 Å². The summed E-state index contributed by atoms with van der Waals surface area (Å²) in [6.45, 7) is 30.6. The number of thioether (sulfide) groups is 1. The molecule has 4 fully saturated rings. The van der Waals surface area contributed by atoms with Crippen LogP contribution < -0.4 is 21.3 Å². The number of fused-ring (bicyclic) bond motifs is 1. The number of aliphatic hydroxyl groups is 2. The second kappa shape index (κ2) is 38.2. The molecule has 0 radical (unpaired) electrons. The van der Waals surface area contributed by atoms with E-state index < -0.39 is 154 Å². The average molecular weight is 1440 g/mol. The highest BCUT2D eigenvalue weighted by Gasteiger charge is 2.56. The lowest BCUT2D eigenvalue weighted by Crippen LogP contribution is -2.64. The van der Waals surface area contributed by atoms with Crippen LogP contribution in [0.4, 0.5) is 4.79 Å². The zero-order valence-electron chi connectivity index (χ0n) is 65.8. The van der Waals surface area contributed by atoms with Crippen LogP contribution in [0.15, 0.2) is 12.2 Å². The number of nitrogens with one attached hydrogen (secondary N) is 4. The predicted molar refractivity (Wildman–Crippen MR) is 395 cm³/mol. The van der Waals surface area contributed by atoms with Crippen molar-refractivity contribution in [1.29, 1.82) is 0 Å². The van der Waals surface area contributed by atoms with Gasteiger partial charge >= 0.3 is 6.03 Å². The van der Waals surface area contributed by atoms with Crippen molar-refractivity contribution in [3.63, 3.8) is 0 Å². The van der Waals surface area contributed by atoms with Crippen LogP contribution in [0.3, 0.4) is 0 Å². The molecule has 0 aromatic rings. The van der Waals surface area contributed by atoms with Crippen molar-refractivity contribution in [3.8, 4) is 0 Å². The van der Waals surface area contributed by atoms with Crippen LogP contribution in [0.2, 0.25) is 0 Å². The average Bonchev–Trinajstić information content (AvgIpc) is 0.731. The number of piperidine rings is 1. The molecule has 2 heterocycles. The van der Waals surface area contributed by atoms with Crippen LogP contribution in [0.25, 0.3) is 0 Å². The summed E-state index contributed by atoms with van der Waals surface area (Å²) in [5, 5.41) is 35.1. The predicted octanol–water partition coefficient (Wildman–Crippen LogP) is 6.13. The molecule has 4 aliphatic rings. The van der Waals surface area contributed by atoms with E-state index in [1.807, 2.05) is 54.5 Å². The number of rotatable bonds is 22. The molecule has 2 aliphatic heterocycles. The van der Waals surface area contributed by atoms with E-state index in [2.05, 4.69) is 33.1 Å². The quantitative estimate of drug-likeness (QED) is 0.0525. The maximum absolute atomic E-state index is 15.7. The van der Waals surface area contributed by atoms with Gasteiger partial charge in [0.1, 0.15) is 60.4 Å². The molecule has 0 aromatic heterocycles. The van der Waals surface area contributed by atoms with Gasteiger partial charge in [-0.05, 0) is 183 Å². The minimum Gasteiger partial charge on any atom is -0.390 e. The van der Waals surface area contributed by atoms with Crippen molar-refractivity contribution in [2.24, 2.45) is 46.3 Å². The van der Waals surface area contributed by atoms with E-state index in [1.165, 1.54) is 120 Å². The van der Waals surface area contributed by atoms with Crippen LogP contribution in [0.5, 0.6) is 0 Å². The first-order valence-corrected chi connectivity index (χ1v) is 38.5. The Morgan fingerprint density at radius 1 is 0.614 bits per heavy atom. The van der Waals surface area contributed by atoms with Crippen molar-refractivity contribution in [1.82, 2.24) is 60.5 Å². The van der Waals surface area contributed by atoms with Crippen molar-refractivity contribution in [2.45, 2.75) is 273 Å². The summed E-state index contributed by atoms with van der Waals surface area (Å²) in [5.41, 5.74) is -2.69. The first-order chi connectivity index (χ1) is 46.9. The van der Waals surface area contributed by atoms with Crippen molar-refractivity contribution in [2.75, 3.05) is 80.5 Å². The molecule has 4 rings (SSSR count). The molecule has 0 spiro atoms. The maximum atomic E-state index is 15.7. The Balaban J connectivity index is 1.97. The molecule has 0 aromatic carbocycles. The largest absolute Gasteiger partial charge is 0.390 e. The van der Waals surface area contributed by atoms with E-state index in [0.29, 0.717) is 36.9 Å². The highest BCUT2D eigenvalue weighted by atomic mass is 32.2. The summed E-state index contributed by atoms with van der Waals surface area (Å²) < 4.78 is 0. The van der Waals surface area contributed by atoms with Crippen LogP contribution in [-0.4, -0.2) is 267 Å². The second-order valence-electron chi connectivity index (χ2n) is 32.8. The fraction of sp³-hybridized carbons (Fsp3) is 0.827. The lowest BCUT2D eigenvalue weighted by Gasteiger charge is -2.61. The van der Waals surface area contributed by atoms with E-state index in [-0.39, 0.29) is 48.7 Å². The molecule has 101 heavy (non-hydrogen) atoms. The number of allylic oxidation sites excluding steroid dienone is 2. The summed E-state index contributed by atoms with van der Waals surface area (Å²) in [4.78, 5) is 177. The zero-order valence-corrected chi connectivity index (χ0v) is 66.6. The molecular formula is C75H132N12O13S. The number of nitrogens with zero attached hydrogens (tertiary/aromatic N) is 8. The van der Waals surface area contributed by atoms with Gasteiger partial charge in [0.2, 0.25) is 53.2 Å². The Morgan fingerprint density at radius 3 is 1.65 bits per heavy atom. The summed E-state index contributed by atoms with van der Waals surface area (Å²) in [5.74, 6) is -7.17. The molecule has 15 atom stereocenters. The molecular weight excluding hydrogens is 1310 g/mol. The van der Waals surface area contributed by atoms with Gasteiger partial charge in [0.15, 0.2) is 0 Å². The molecule has 2 saturated heterocycles. The molecule has 0 bridgehead atoms. The third-order valence-corrected chi connectivity index (χ3v) is 23.3. The van der Waals surface area contributed by atoms with Gasteiger partial charge in [0, 0.05) is 61.5 Å². The minimum absolute atomic E-state index is 0.0145. The Kier molecular flexibility index (Phi) is 33.1. The first kappa shape index (κ1) is 87.5. The van der Waals surface area contributed by atoms with Crippen LogP contribution in [0, 0.1) is 46.3 Å². The normalized spacial score (nSPS) is 29.7. The number of carbonyl (C=O) groups excluding carboxylic acids is 11. The van der Waals surface area contributed by atoms with Crippen molar-refractivity contribution >= 4 is 76.9 Å². The monoisotopic (exact) mass is 1440 g/mol. The first-order valence-electron chi connectivity index (χ1n) is 37.3. The SMILES string of the molecule is C/C=C/C[C@@H](C)[C@@H](O)[C@H]1C(=O)N[C@H](CC)C(=O)N(C)[C@H](CSCCCN2CCCCC2)C(=O)N(C)[C@@H](CC(C)(C)O)C(=O)N[C@H](C(C)(C)CCC2(C)CC3CCC32)C(=O)N(C)C(=O)N[C@@H](C)C(=O)N[C@H](C)C(=O)N(C)[C@@H](CC(C)C)C(=O)N(C)[C@H](CC(C)C)C(=O)N(C)[C@H](C(C)C)C(=O)N1C. The molecule has 25 nitrogen and oxygen atoms in total. The number of likely N-dealkylation sites (tertiary alicyclic amines) is 1. The highest BCUT2D eigenvalue weighted by Crippen LogP contribution is 2.64. The number of likely N-dealkylation sites (N-methyl/N-ethyl adjacent to an activating group) is 7. The van der Waals surface area contributed by atoms with Gasteiger partial charge in [-0.15, -0.1) is 0 Å². The van der Waals surface area contributed by atoms with E-state index >= 15 is 38.4 Å². The van der Waals surface area contributed by atoms with Gasteiger partial charge in [0.25, 0.3) is 5.91 Å². The number of carbonyl (C=O) groups is 11. The molecule has 6 N–H and O–H groups in total. The standard InChI is InChI=1S/C75H132N12O13S/c1-24-26-31-48(9)60(88)59-64(91)78-53(25-2)66(93)83(20)57(44-101-39-30-38-87-36-28-27-29-37-87)69(96)82(19)56(43-74(14,15)100)63(90)79-61(73(12,13)34-35-75(16)42-51-32-33-52(51)75)71(98)86(23)72(99)77-49(10)62(89)76-50(11)65(92)80(17)54(40-45(3)4)67(94)81(18)55(41-46(5)6)68(95)84(21)58(47(7)8)70(97)85(59)22/h24,26,45-61,88,100H,25,27-44H2,1-23H3,(H,76,89)(H,77,99)(H,78,91)(H,79,90)/b26-24+/t48-,49+,50-,51?,52?,53-,54+,55-,56+,57-,58-,59+,60-,61+,75?/m1/s1. The Bertz CT molecular complexity index is 2880. The Morgan fingerprint density at radius 2 is 1.15 bits per heavy atom. The molecule has 12 amide bonds. The third-order valence-electron chi connectivity index (χ3n) is 22.1. The van der Waals surface area contributed by atoms with Gasteiger partial charge < -0.3 is 65.8 Å². The number of amides is 12. The minimum atomic E-state index is -1.66. The smallest absolute Gasteiger partial charge is 0.324 e. The molecule has 2 aliphatic carbocycles. The highest BCUT2D eigenvalue weighted by molar-refractivity contribution is 7.99. The third kappa shape index (κ3) is 23.1. The van der Waals surface area contributed by atoms with Gasteiger partial charge in [-0.2, -0.15) is 11.8 Å². The van der Waals surface area contributed by atoms with E-state index in [1.54, 1.807) is 33.8 Å². The molecule has 576 valence electrons. The Labute approximate surface area is 609 Å². The summed E-state index contributed by atoms with van der Waals surface area (Å²) in [6, 6.07) is -14.5. The van der Waals surface area contributed by atoms with Gasteiger partial charge in [-0.3, -0.25) is 52.8 Å². The van der Waals surface area contributed by atoms with E-state index in [9.17, 15) is 24.6 Å². The number of imide groups is 1. The van der Waals surface area contributed by atoms with E-state index in [4.69, 9.17) is 0 Å². The zero-order chi connectivity index (χ0) is 76.7. The van der Waals surface area contributed by atoms with Crippen LogP contribution >= 0.6 is 11.8 Å². The molecule has 2 saturated carbocycles. The fourth-order valence-electron chi connectivity index (χ4n) is 15.2. The van der Waals surface area contributed by atoms with Crippen molar-refractivity contribution in [3.05, 3.63) is 12.2 Å². The lowest BCUT2D eigenvalue weighted by molar-refractivity contribution is -0.157. The number of urea groups is 1. The number of hydrogen-bond donors (Lipinski definition) is 6. The van der Waals surface area contributed by atoms with Gasteiger partial charge in [-0.1, -0.05) is 94.7 Å². The maximum Gasteiger partial charge on any atom is 0.324 e. The van der Waals surface area contributed by atoms with E-state index in [0.717, 1.165) is 68.0 Å². The van der Waals surface area contributed by atoms with Gasteiger partial charge in [0.05, 0.1) is 11.7 Å².